The second-order valence-corrected chi connectivity index (χ2v) is 13.1. The fraction of sp³-hybridized carbons (Fsp3) is 0.158. The number of aryl methyl sites for hydroxylation is 3. The number of alkyl halides is 2. The van der Waals surface area contributed by atoms with Gasteiger partial charge in [0.2, 0.25) is 0 Å². The van der Waals surface area contributed by atoms with Crippen LogP contribution in [0.4, 0.5) is 0 Å². The number of thioether (sulfide) groups is 1. The average Bonchev–Trinajstić information content (AvgIpc) is 3.94. The Hall–Kier alpha value is -4.61. The maximum Gasteiger partial charge on any atom is 0.177 e. The first-order chi connectivity index (χ1) is 24.4. The van der Waals surface area contributed by atoms with Crippen molar-refractivity contribution in [1.29, 1.82) is 0 Å². The summed E-state index contributed by atoms with van der Waals surface area (Å²) in [6, 6.07) is 36.8. The summed E-state index contributed by atoms with van der Waals surface area (Å²) >= 11 is 16.3. The summed E-state index contributed by atoms with van der Waals surface area (Å²) < 4.78 is 8.53. The Morgan fingerprint density at radius 2 is 1.24 bits per heavy atom. The van der Waals surface area contributed by atoms with E-state index in [-0.39, 0.29) is 5.34 Å². The summed E-state index contributed by atoms with van der Waals surface area (Å²) in [5, 5.41) is 10.1. The van der Waals surface area contributed by atoms with Crippen molar-refractivity contribution in [3.63, 3.8) is 0 Å². The molecule has 6 aromatic heterocycles. The first-order valence-corrected chi connectivity index (χ1v) is 18.4. The fourth-order valence-electron chi connectivity index (χ4n) is 4.95. The van der Waals surface area contributed by atoms with E-state index in [9.17, 15) is 0 Å². The smallest absolute Gasteiger partial charge is 0.177 e. The molecule has 0 saturated carbocycles. The molecule has 0 aliphatic rings. The first kappa shape index (κ1) is 36.7. The lowest BCUT2D eigenvalue weighted by Crippen LogP contribution is -1.91. The molecule has 0 bridgehead atoms. The Morgan fingerprint density at radius 3 is 1.78 bits per heavy atom. The van der Waals surface area contributed by atoms with E-state index in [2.05, 4.69) is 81.4 Å². The van der Waals surface area contributed by atoms with Crippen LogP contribution in [0.3, 0.4) is 0 Å². The summed E-state index contributed by atoms with van der Waals surface area (Å²) in [5.41, 5.74) is 8.87. The van der Waals surface area contributed by atoms with E-state index in [1.807, 2.05) is 107 Å². The zero-order valence-electron chi connectivity index (χ0n) is 28.0. The van der Waals surface area contributed by atoms with E-state index in [1.165, 1.54) is 5.52 Å². The lowest BCUT2D eigenvalue weighted by atomic mass is 10.2. The van der Waals surface area contributed by atoms with Crippen LogP contribution in [-0.4, -0.2) is 43.7 Å². The molecule has 0 fully saturated rings. The van der Waals surface area contributed by atoms with Crippen LogP contribution in [0.1, 0.15) is 18.3 Å². The summed E-state index contributed by atoms with van der Waals surface area (Å²) in [4.78, 5) is 7.88. The molecule has 256 valence electrons. The lowest BCUT2D eigenvalue weighted by molar-refractivity contribution is 0.789. The number of halogens is 2. The third-order valence-corrected chi connectivity index (χ3v) is 8.89. The van der Waals surface area contributed by atoms with Crippen molar-refractivity contribution in [2.75, 3.05) is 5.34 Å². The van der Waals surface area contributed by atoms with Gasteiger partial charge in [-0.2, -0.15) is 10.2 Å². The summed E-state index contributed by atoms with van der Waals surface area (Å²) in [7, 11) is 3.97. The van der Waals surface area contributed by atoms with Gasteiger partial charge in [-0.15, -0.1) is 23.2 Å². The molecule has 6 heterocycles. The minimum absolute atomic E-state index is 0.194. The number of pyridine rings is 2. The highest BCUT2D eigenvalue weighted by Crippen LogP contribution is 2.26. The molecule has 0 unspecified atom stereocenters. The van der Waals surface area contributed by atoms with Crippen LogP contribution in [-0.2, 0) is 26.3 Å². The Balaban J connectivity index is 0.000000152. The Kier molecular flexibility index (Phi) is 13.5. The maximum atomic E-state index is 5.08. The van der Waals surface area contributed by atoms with Gasteiger partial charge in [-0.25, -0.2) is 14.0 Å². The summed E-state index contributed by atoms with van der Waals surface area (Å²) in [5.74, 6) is 0.806. The first-order valence-electron chi connectivity index (χ1n) is 15.9. The van der Waals surface area contributed by atoms with Gasteiger partial charge in [0.05, 0.1) is 39.1 Å². The van der Waals surface area contributed by atoms with E-state index in [1.54, 1.807) is 11.8 Å². The largest absolute Gasteiger partial charge is 0.331 e. The van der Waals surface area contributed by atoms with E-state index in [0.717, 1.165) is 61.5 Å². The number of benzene rings is 2. The molecule has 1 N–H and O–H groups in total. The molecule has 0 saturated heterocycles. The van der Waals surface area contributed by atoms with Gasteiger partial charge in [0, 0.05) is 50.2 Å². The predicted molar refractivity (Wildman–Crippen MR) is 211 cm³/mol. The lowest BCUT2D eigenvalue weighted by Gasteiger charge is -1.98. The zero-order chi connectivity index (χ0) is 35.3. The fourth-order valence-corrected chi connectivity index (χ4v) is 5.95. The number of nitrogens with one attached hydrogen (secondary N) is 1. The van der Waals surface area contributed by atoms with E-state index in [0.29, 0.717) is 0 Å². The number of fused-ring (bicyclic) bond motifs is 2. The van der Waals surface area contributed by atoms with Crippen molar-refractivity contribution in [3.05, 3.63) is 150 Å². The van der Waals surface area contributed by atoms with Gasteiger partial charge in [0.1, 0.15) is 0 Å². The highest BCUT2D eigenvalue weighted by atomic mass is 35.5. The number of rotatable bonds is 6. The minimum Gasteiger partial charge on any atom is -0.331 e. The van der Waals surface area contributed by atoms with Crippen molar-refractivity contribution in [2.24, 2.45) is 14.1 Å². The number of nitrogens with zero attached hydrogens (tertiary/aromatic N) is 7. The number of hydrogen-bond donors (Lipinski definition) is 1. The van der Waals surface area contributed by atoms with Crippen molar-refractivity contribution < 1.29 is 0 Å². The van der Waals surface area contributed by atoms with Crippen LogP contribution < -0.4 is 0 Å². The van der Waals surface area contributed by atoms with Crippen LogP contribution in [0.5, 0.6) is 0 Å². The molecule has 0 aliphatic carbocycles. The average molecular weight is 742 g/mol. The number of aromatic nitrogens is 8. The Labute approximate surface area is 311 Å². The third kappa shape index (κ3) is 9.98. The van der Waals surface area contributed by atoms with Gasteiger partial charge in [-0.3, -0.25) is 0 Å². The molecular formula is C38H38Cl2N8S2. The third-order valence-electron chi connectivity index (χ3n) is 7.43. The van der Waals surface area contributed by atoms with E-state index < -0.39 is 0 Å². The molecule has 0 amide bonds. The molecule has 0 aliphatic heterocycles. The number of imidazole rings is 2. The van der Waals surface area contributed by atoms with Gasteiger partial charge in [0.15, 0.2) is 9.93 Å². The SMILES string of the molecule is CCc1cc2ccccn2n1.ClCCl.Cn1cc(-c2ccccc2)[nH]c1=S.Cn1cc(-c2ccccc2)nc1SCc1cc2ccccn2n1. The number of H-pyrrole nitrogens is 1. The molecule has 50 heavy (non-hydrogen) atoms. The molecule has 8 nitrogen and oxygen atoms in total. The molecule has 2 aromatic carbocycles. The summed E-state index contributed by atoms with van der Waals surface area (Å²) in [6.07, 6.45) is 9.01. The molecule has 0 radical (unpaired) electrons. The van der Waals surface area contributed by atoms with Gasteiger partial charge in [-0.1, -0.05) is 91.5 Å². The van der Waals surface area contributed by atoms with Gasteiger partial charge in [0.25, 0.3) is 0 Å². The van der Waals surface area contributed by atoms with Crippen molar-refractivity contribution in [1.82, 2.24) is 38.3 Å². The predicted octanol–water partition coefficient (Wildman–Crippen LogP) is 10.1. The molecule has 12 heteroatoms. The van der Waals surface area contributed by atoms with Crippen molar-refractivity contribution in [3.8, 4) is 22.5 Å². The molecular weight excluding hydrogens is 704 g/mol. The normalized spacial score (nSPS) is 10.5. The standard InChI is InChI=1S/C18H16N4S.C10H10N2S.C9H10N2.CH2Cl2/c1-21-12-17(14-7-3-2-4-8-14)19-18(21)23-13-15-11-16-9-5-6-10-22(16)20-15;1-12-7-9(11-10(12)13)8-5-3-2-4-6-8;1-2-8-7-9-5-3-4-6-11(9)10-8;2-1-3/h2-12H,13H2,1H3;2-7H,1H3,(H,11,13);3-7H,2H2,1H3;1H2. The second-order valence-electron chi connectivity index (χ2n) is 11.0. The van der Waals surface area contributed by atoms with Gasteiger partial charge in [-0.05, 0) is 60.6 Å². The van der Waals surface area contributed by atoms with E-state index >= 15 is 0 Å². The molecule has 8 rings (SSSR count). The van der Waals surface area contributed by atoms with Crippen LogP contribution in [0, 0.1) is 4.77 Å². The van der Waals surface area contributed by atoms with Crippen molar-refractivity contribution in [2.45, 2.75) is 24.3 Å². The minimum atomic E-state index is 0.194. The Bertz CT molecular complexity index is 2200. The number of hydrogen-bond acceptors (Lipinski definition) is 5. The Morgan fingerprint density at radius 1 is 0.700 bits per heavy atom. The molecule has 0 spiro atoms. The summed E-state index contributed by atoms with van der Waals surface area (Å²) in [6.45, 7) is 2.11. The van der Waals surface area contributed by atoms with Crippen LogP contribution in [0.15, 0.2) is 139 Å². The van der Waals surface area contributed by atoms with Gasteiger partial charge >= 0.3 is 0 Å². The van der Waals surface area contributed by atoms with Crippen molar-refractivity contribution >= 4 is 58.2 Å². The highest BCUT2D eigenvalue weighted by molar-refractivity contribution is 7.98. The van der Waals surface area contributed by atoms with Crippen LogP contribution >= 0.6 is 47.2 Å². The topological polar surface area (TPSA) is 73.1 Å². The number of aromatic amines is 1. The van der Waals surface area contributed by atoms with Gasteiger partial charge < -0.3 is 14.1 Å². The quantitative estimate of drug-likeness (QED) is 0.104. The zero-order valence-corrected chi connectivity index (χ0v) is 31.2. The molecule has 8 aromatic rings. The van der Waals surface area contributed by atoms with Crippen LogP contribution in [0.2, 0.25) is 0 Å². The maximum absolute atomic E-state index is 5.08. The highest BCUT2D eigenvalue weighted by Gasteiger charge is 2.09. The van der Waals surface area contributed by atoms with Crippen LogP contribution in [0.25, 0.3) is 33.5 Å². The molecule has 0 atom stereocenters. The monoisotopic (exact) mass is 740 g/mol. The second kappa shape index (κ2) is 18.4. The van der Waals surface area contributed by atoms with E-state index in [4.69, 9.17) is 40.4 Å².